The third-order valence-electron chi connectivity index (χ3n) is 3.40. The monoisotopic (exact) mass is 339 g/mol. The molecule has 0 unspecified atom stereocenters. The van der Waals surface area contributed by atoms with Crippen molar-refractivity contribution in [1.29, 1.82) is 0 Å². The number of halogens is 1. The van der Waals surface area contributed by atoms with Gasteiger partial charge < -0.3 is 10.1 Å². The number of benzene rings is 1. The second kappa shape index (κ2) is 6.39. The lowest BCUT2D eigenvalue weighted by Crippen LogP contribution is -2.37. The normalized spacial score (nSPS) is 15.6. The number of nitrogens with one attached hydrogen (secondary N) is 1. The lowest BCUT2D eigenvalue weighted by molar-refractivity contribution is -0.123. The molecule has 1 aromatic rings. The minimum Gasteiger partial charge on any atom is -0.483 e. The zero-order valence-corrected chi connectivity index (χ0v) is 13.2. The van der Waals surface area contributed by atoms with Gasteiger partial charge in [0.25, 0.3) is 5.91 Å². The maximum Gasteiger partial charge on any atom is 0.258 e. The first-order valence-electron chi connectivity index (χ1n) is 6.70. The highest BCUT2D eigenvalue weighted by molar-refractivity contribution is 9.10. The smallest absolute Gasteiger partial charge is 0.258 e. The quantitative estimate of drug-likeness (QED) is 0.810. The maximum absolute atomic E-state index is 11.8. The molecule has 0 spiro atoms. The van der Waals surface area contributed by atoms with Crippen molar-refractivity contribution in [3.8, 4) is 5.75 Å². The summed E-state index contributed by atoms with van der Waals surface area (Å²) in [5, 5.41) is 2.91. The van der Waals surface area contributed by atoms with Gasteiger partial charge >= 0.3 is 0 Å². The van der Waals surface area contributed by atoms with Gasteiger partial charge in [-0.05, 0) is 50.8 Å². The summed E-state index contributed by atoms with van der Waals surface area (Å²) in [6.45, 7) is 3.41. The fourth-order valence-corrected chi connectivity index (χ4v) is 2.40. The Bertz CT molecular complexity index is 526. The Morgan fingerprint density at radius 1 is 1.45 bits per heavy atom. The van der Waals surface area contributed by atoms with E-state index in [1.54, 1.807) is 18.2 Å². The minimum atomic E-state index is -0.154. The Kier molecular flexibility index (Phi) is 4.81. The summed E-state index contributed by atoms with van der Waals surface area (Å²) in [4.78, 5) is 23.3. The van der Waals surface area contributed by atoms with Crippen LogP contribution in [0.4, 0.5) is 0 Å². The summed E-state index contributed by atoms with van der Waals surface area (Å²) in [6, 6.07) is 5.36. The molecule has 0 radical (unpaired) electrons. The number of rotatable bonds is 6. The van der Waals surface area contributed by atoms with E-state index in [1.807, 2.05) is 6.92 Å². The number of ether oxygens (including phenoxy) is 1. The maximum atomic E-state index is 11.8. The molecule has 1 aliphatic rings. The molecule has 0 saturated heterocycles. The number of hydrogen-bond donors (Lipinski definition) is 1. The molecule has 1 aliphatic carbocycles. The number of amides is 1. The van der Waals surface area contributed by atoms with Gasteiger partial charge in [-0.1, -0.05) is 15.9 Å². The third kappa shape index (κ3) is 4.07. The molecule has 1 atom stereocenters. The molecule has 0 aromatic heterocycles. The predicted octanol–water partition coefficient (Wildman–Crippen LogP) is 2.95. The molecule has 20 heavy (non-hydrogen) atoms. The van der Waals surface area contributed by atoms with E-state index in [-0.39, 0.29) is 24.3 Å². The van der Waals surface area contributed by atoms with Crippen molar-refractivity contribution < 1.29 is 14.3 Å². The van der Waals surface area contributed by atoms with Crippen LogP contribution < -0.4 is 10.1 Å². The molecule has 1 N–H and O–H groups in total. The van der Waals surface area contributed by atoms with Crippen molar-refractivity contribution in [2.75, 3.05) is 6.61 Å². The second-order valence-corrected chi connectivity index (χ2v) is 6.09. The predicted molar refractivity (Wildman–Crippen MR) is 80.0 cm³/mol. The van der Waals surface area contributed by atoms with E-state index in [2.05, 4.69) is 21.2 Å². The molecule has 2 rings (SSSR count). The molecule has 0 bridgehead atoms. The Morgan fingerprint density at radius 2 is 2.15 bits per heavy atom. The Hall–Kier alpha value is -1.36. The molecule has 1 saturated carbocycles. The number of ketones is 1. The second-order valence-electron chi connectivity index (χ2n) is 5.18. The van der Waals surface area contributed by atoms with Gasteiger partial charge in [-0.3, -0.25) is 9.59 Å². The van der Waals surface area contributed by atoms with Crippen LogP contribution in [0, 0.1) is 5.92 Å². The zero-order valence-electron chi connectivity index (χ0n) is 11.6. The fourth-order valence-electron chi connectivity index (χ4n) is 2.06. The van der Waals surface area contributed by atoms with Crippen molar-refractivity contribution in [1.82, 2.24) is 5.32 Å². The summed E-state index contributed by atoms with van der Waals surface area (Å²) >= 11 is 3.33. The van der Waals surface area contributed by atoms with Crippen molar-refractivity contribution >= 4 is 27.6 Å². The zero-order chi connectivity index (χ0) is 14.7. The third-order valence-corrected chi connectivity index (χ3v) is 3.89. The molecule has 108 valence electrons. The molecule has 1 aromatic carbocycles. The Labute approximate surface area is 127 Å². The average molecular weight is 340 g/mol. The van der Waals surface area contributed by atoms with Gasteiger partial charge in [0.15, 0.2) is 12.4 Å². The molecule has 0 aliphatic heterocycles. The van der Waals surface area contributed by atoms with Crippen LogP contribution >= 0.6 is 15.9 Å². The first-order valence-corrected chi connectivity index (χ1v) is 7.49. The van der Waals surface area contributed by atoms with Crippen LogP contribution in [0.2, 0.25) is 0 Å². The molecular formula is C15H18BrNO3. The van der Waals surface area contributed by atoms with Crippen LogP contribution in [-0.4, -0.2) is 24.3 Å². The van der Waals surface area contributed by atoms with Gasteiger partial charge in [0.1, 0.15) is 5.75 Å². The minimum absolute atomic E-state index is 0.0756. The Morgan fingerprint density at radius 3 is 2.75 bits per heavy atom. The SMILES string of the molecule is CC(=O)c1ccc(Br)cc1OCC(=O)N[C@H](C)C1CC1. The van der Waals surface area contributed by atoms with Crippen LogP contribution in [-0.2, 0) is 4.79 Å². The molecule has 1 fully saturated rings. The van der Waals surface area contributed by atoms with Gasteiger partial charge in [-0.15, -0.1) is 0 Å². The first kappa shape index (κ1) is 15.0. The van der Waals surface area contributed by atoms with E-state index in [9.17, 15) is 9.59 Å². The summed E-state index contributed by atoms with van der Waals surface area (Å²) < 4.78 is 6.29. The number of Topliss-reactive ketones (excluding diaryl/α,β-unsaturated/α-hetero) is 1. The van der Waals surface area contributed by atoms with E-state index in [0.717, 1.165) is 4.47 Å². The van der Waals surface area contributed by atoms with Gasteiger partial charge in [0, 0.05) is 10.5 Å². The summed E-state index contributed by atoms with van der Waals surface area (Å²) in [5.41, 5.74) is 0.483. The summed E-state index contributed by atoms with van der Waals surface area (Å²) in [5.74, 6) is 0.803. The average Bonchev–Trinajstić information content (AvgIpc) is 3.20. The van der Waals surface area contributed by atoms with Crippen molar-refractivity contribution in [2.24, 2.45) is 5.92 Å². The van der Waals surface area contributed by atoms with Crippen LogP contribution in [0.25, 0.3) is 0 Å². The lowest BCUT2D eigenvalue weighted by Gasteiger charge is -2.14. The Balaban J connectivity index is 1.94. The molecule has 1 amide bonds. The number of hydrogen-bond acceptors (Lipinski definition) is 3. The van der Waals surface area contributed by atoms with Crippen LogP contribution in [0.3, 0.4) is 0 Å². The highest BCUT2D eigenvalue weighted by Crippen LogP contribution is 2.32. The summed E-state index contributed by atoms with van der Waals surface area (Å²) in [7, 11) is 0. The molecule has 4 nitrogen and oxygen atoms in total. The van der Waals surface area contributed by atoms with Gasteiger partial charge in [0.2, 0.25) is 0 Å². The van der Waals surface area contributed by atoms with E-state index in [1.165, 1.54) is 19.8 Å². The summed E-state index contributed by atoms with van der Waals surface area (Å²) in [6.07, 6.45) is 2.37. The molecule has 0 heterocycles. The standard InChI is InChI=1S/C15H18BrNO3/c1-9(11-3-4-11)17-15(19)8-20-14-7-12(16)5-6-13(14)10(2)18/h5-7,9,11H,3-4,8H2,1-2H3,(H,17,19)/t9-/m1/s1. The van der Waals surface area contributed by atoms with Crippen molar-refractivity contribution in [3.63, 3.8) is 0 Å². The van der Waals surface area contributed by atoms with Gasteiger partial charge in [0.05, 0.1) is 5.56 Å². The first-order chi connectivity index (χ1) is 9.47. The van der Waals surface area contributed by atoms with Crippen LogP contribution in [0.15, 0.2) is 22.7 Å². The van der Waals surface area contributed by atoms with Crippen molar-refractivity contribution in [2.45, 2.75) is 32.7 Å². The number of carbonyl (C=O) groups excluding carboxylic acids is 2. The molecule has 5 heteroatoms. The van der Waals surface area contributed by atoms with Crippen LogP contribution in [0.1, 0.15) is 37.0 Å². The number of carbonyl (C=O) groups is 2. The topological polar surface area (TPSA) is 55.4 Å². The lowest BCUT2D eigenvalue weighted by atomic mass is 10.1. The molecular weight excluding hydrogens is 322 g/mol. The van der Waals surface area contributed by atoms with Crippen molar-refractivity contribution in [3.05, 3.63) is 28.2 Å². The van der Waals surface area contributed by atoms with E-state index in [4.69, 9.17) is 4.74 Å². The van der Waals surface area contributed by atoms with Gasteiger partial charge in [-0.25, -0.2) is 0 Å². The van der Waals surface area contributed by atoms with E-state index in [0.29, 0.717) is 17.2 Å². The van der Waals surface area contributed by atoms with E-state index >= 15 is 0 Å². The largest absolute Gasteiger partial charge is 0.483 e. The van der Waals surface area contributed by atoms with Gasteiger partial charge in [-0.2, -0.15) is 0 Å². The fraction of sp³-hybridized carbons (Fsp3) is 0.467. The van der Waals surface area contributed by atoms with Crippen LogP contribution in [0.5, 0.6) is 5.75 Å². The highest BCUT2D eigenvalue weighted by atomic mass is 79.9. The van der Waals surface area contributed by atoms with E-state index < -0.39 is 0 Å². The highest BCUT2D eigenvalue weighted by Gasteiger charge is 2.28.